The molecule has 0 spiro atoms. The molecule has 0 radical (unpaired) electrons. The van der Waals surface area contributed by atoms with Gasteiger partial charge in [0.05, 0.1) is 6.42 Å². The maximum Gasteiger partial charge on any atom is 0.240 e. The van der Waals surface area contributed by atoms with Crippen LogP contribution in [0.2, 0.25) is 0 Å². The number of hydrogen-bond donors (Lipinski definition) is 1. The highest BCUT2D eigenvalue weighted by atomic mass is 16.2. The average Bonchev–Trinajstić information content (AvgIpc) is 2.79. The van der Waals surface area contributed by atoms with E-state index in [1.54, 1.807) is 23.4 Å². The van der Waals surface area contributed by atoms with Gasteiger partial charge in [-0.1, -0.05) is 6.07 Å². The molecule has 2 heterocycles. The molecule has 1 saturated heterocycles. The van der Waals surface area contributed by atoms with Crippen LogP contribution in [0.25, 0.3) is 0 Å². The van der Waals surface area contributed by atoms with Gasteiger partial charge in [0.2, 0.25) is 11.8 Å². The van der Waals surface area contributed by atoms with Gasteiger partial charge in [-0.2, -0.15) is 0 Å². The summed E-state index contributed by atoms with van der Waals surface area (Å²) in [5.74, 6) is -0.471. The molecule has 0 aromatic carbocycles. The van der Waals surface area contributed by atoms with E-state index in [1.807, 2.05) is 6.07 Å². The minimum Gasteiger partial charge on any atom is -0.368 e. The Kier molecular flexibility index (Phi) is 3.37. The Morgan fingerprint density at radius 2 is 2.35 bits per heavy atom. The molecule has 0 saturated carbocycles. The Bertz CT molecular complexity index is 419. The Morgan fingerprint density at radius 1 is 1.53 bits per heavy atom. The predicted octanol–water partition coefficient (Wildman–Crippen LogP) is 0.100. The van der Waals surface area contributed by atoms with E-state index in [1.165, 1.54) is 0 Å². The second kappa shape index (κ2) is 4.95. The molecular weight excluding hydrogens is 218 g/mol. The van der Waals surface area contributed by atoms with Crippen LogP contribution >= 0.6 is 0 Å². The number of hydrogen-bond acceptors (Lipinski definition) is 3. The van der Waals surface area contributed by atoms with Gasteiger partial charge in [0.25, 0.3) is 0 Å². The van der Waals surface area contributed by atoms with Gasteiger partial charge >= 0.3 is 0 Å². The molecule has 1 fully saturated rings. The smallest absolute Gasteiger partial charge is 0.240 e. The molecule has 90 valence electrons. The predicted molar refractivity (Wildman–Crippen MR) is 61.9 cm³/mol. The fourth-order valence-electron chi connectivity index (χ4n) is 2.14. The summed E-state index contributed by atoms with van der Waals surface area (Å²) in [5.41, 5.74) is 6.13. The first-order chi connectivity index (χ1) is 8.18. The van der Waals surface area contributed by atoms with Crippen LogP contribution in [0, 0.1) is 0 Å². The van der Waals surface area contributed by atoms with Crippen molar-refractivity contribution in [3.63, 3.8) is 0 Å². The van der Waals surface area contributed by atoms with E-state index >= 15 is 0 Å². The van der Waals surface area contributed by atoms with E-state index in [0.29, 0.717) is 13.0 Å². The normalized spacial score (nSPS) is 19.3. The number of carbonyl (C=O) groups excluding carboxylic acids is 2. The highest BCUT2D eigenvalue weighted by molar-refractivity contribution is 5.88. The number of carbonyl (C=O) groups is 2. The highest BCUT2D eigenvalue weighted by Crippen LogP contribution is 2.18. The van der Waals surface area contributed by atoms with Gasteiger partial charge in [-0.15, -0.1) is 0 Å². The zero-order valence-corrected chi connectivity index (χ0v) is 9.50. The Labute approximate surface area is 99.6 Å². The molecule has 5 heteroatoms. The summed E-state index contributed by atoms with van der Waals surface area (Å²) in [4.78, 5) is 28.7. The van der Waals surface area contributed by atoms with E-state index in [-0.39, 0.29) is 12.3 Å². The summed E-state index contributed by atoms with van der Waals surface area (Å²) in [5, 5.41) is 0. The van der Waals surface area contributed by atoms with Crippen molar-refractivity contribution in [3.8, 4) is 0 Å². The van der Waals surface area contributed by atoms with E-state index in [4.69, 9.17) is 5.73 Å². The molecule has 17 heavy (non-hydrogen) atoms. The van der Waals surface area contributed by atoms with Crippen LogP contribution in [0.4, 0.5) is 0 Å². The number of aromatic nitrogens is 1. The largest absolute Gasteiger partial charge is 0.368 e. The number of nitrogens with zero attached hydrogens (tertiary/aromatic N) is 2. The number of pyridine rings is 1. The third-order valence-corrected chi connectivity index (χ3v) is 2.98. The average molecular weight is 233 g/mol. The summed E-state index contributed by atoms with van der Waals surface area (Å²) in [6.45, 7) is 0.618. The molecule has 1 aromatic rings. The first-order valence-electron chi connectivity index (χ1n) is 5.66. The fourth-order valence-corrected chi connectivity index (χ4v) is 2.14. The molecule has 1 aromatic heterocycles. The van der Waals surface area contributed by atoms with E-state index < -0.39 is 11.9 Å². The van der Waals surface area contributed by atoms with Crippen molar-refractivity contribution in [2.45, 2.75) is 25.3 Å². The summed E-state index contributed by atoms with van der Waals surface area (Å²) < 4.78 is 0. The van der Waals surface area contributed by atoms with Crippen molar-refractivity contribution in [2.24, 2.45) is 5.73 Å². The van der Waals surface area contributed by atoms with Gasteiger partial charge in [0.15, 0.2) is 0 Å². The summed E-state index contributed by atoms with van der Waals surface area (Å²) in [6, 6.07) is 3.21. The van der Waals surface area contributed by atoms with Crippen LogP contribution < -0.4 is 5.73 Å². The number of rotatable bonds is 3. The van der Waals surface area contributed by atoms with Crippen LogP contribution in [0.15, 0.2) is 24.5 Å². The maximum absolute atomic E-state index is 12.0. The lowest BCUT2D eigenvalue weighted by molar-refractivity contribution is -0.136. The summed E-state index contributed by atoms with van der Waals surface area (Å²) in [7, 11) is 0. The zero-order chi connectivity index (χ0) is 12.3. The summed E-state index contributed by atoms with van der Waals surface area (Å²) in [6.07, 6.45) is 5.11. The van der Waals surface area contributed by atoms with Crippen molar-refractivity contribution in [2.75, 3.05) is 6.54 Å². The minimum atomic E-state index is -0.431. The number of nitrogens with two attached hydrogens (primary N) is 1. The van der Waals surface area contributed by atoms with Gasteiger partial charge in [-0.3, -0.25) is 14.6 Å². The molecule has 1 aliphatic heterocycles. The quantitative estimate of drug-likeness (QED) is 0.804. The lowest BCUT2D eigenvalue weighted by Crippen LogP contribution is -2.44. The molecule has 2 rings (SSSR count). The topological polar surface area (TPSA) is 76.3 Å². The van der Waals surface area contributed by atoms with Crippen LogP contribution in [-0.2, 0) is 16.0 Å². The maximum atomic E-state index is 12.0. The van der Waals surface area contributed by atoms with Gasteiger partial charge in [-0.05, 0) is 24.5 Å². The lowest BCUT2D eigenvalue weighted by Gasteiger charge is -2.22. The van der Waals surface area contributed by atoms with Gasteiger partial charge < -0.3 is 10.6 Å². The molecule has 0 bridgehead atoms. The first kappa shape index (κ1) is 11.6. The molecule has 1 aliphatic rings. The van der Waals surface area contributed by atoms with Crippen molar-refractivity contribution >= 4 is 11.8 Å². The van der Waals surface area contributed by atoms with E-state index in [2.05, 4.69) is 4.98 Å². The van der Waals surface area contributed by atoms with Crippen molar-refractivity contribution in [1.82, 2.24) is 9.88 Å². The van der Waals surface area contributed by atoms with E-state index in [0.717, 1.165) is 12.0 Å². The SMILES string of the molecule is NC(=O)C1CCCN1C(=O)Cc1cccnc1. The standard InChI is InChI=1S/C12H15N3O2/c13-12(17)10-4-2-6-15(10)11(16)7-9-3-1-5-14-8-9/h1,3,5,8,10H,2,4,6-7H2,(H2,13,17). The fraction of sp³-hybridized carbons (Fsp3) is 0.417. The second-order valence-corrected chi connectivity index (χ2v) is 4.19. The van der Waals surface area contributed by atoms with Crippen LogP contribution in [0.3, 0.4) is 0 Å². The zero-order valence-electron chi connectivity index (χ0n) is 9.50. The van der Waals surface area contributed by atoms with Gasteiger partial charge in [0.1, 0.15) is 6.04 Å². The van der Waals surface area contributed by atoms with Crippen LogP contribution in [-0.4, -0.2) is 34.3 Å². The minimum absolute atomic E-state index is 0.0562. The number of likely N-dealkylation sites (tertiary alicyclic amines) is 1. The van der Waals surface area contributed by atoms with Crippen molar-refractivity contribution in [3.05, 3.63) is 30.1 Å². The molecule has 5 nitrogen and oxygen atoms in total. The number of amides is 2. The van der Waals surface area contributed by atoms with E-state index in [9.17, 15) is 9.59 Å². The molecule has 0 aliphatic carbocycles. The third-order valence-electron chi connectivity index (χ3n) is 2.98. The lowest BCUT2D eigenvalue weighted by atomic mass is 10.1. The van der Waals surface area contributed by atoms with Crippen LogP contribution in [0.5, 0.6) is 0 Å². The molecule has 2 N–H and O–H groups in total. The third kappa shape index (κ3) is 2.61. The molecule has 1 atom stereocenters. The monoisotopic (exact) mass is 233 g/mol. The van der Waals surface area contributed by atoms with Gasteiger partial charge in [0, 0.05) is 18.9 Å². The Morgan fingerprint density at radius 3 is 3.00 bits per heavy atom. The highest BCUT2D eigenvalue weighted by Gasteiger charge is 2.32. The van der Waals surface area contributed by atoms with Crippen molar-refractivity contribution < 1.29 is 9.59 Å². The molecule has 1 unspecified atom stereocenters. The Balaban J connectivity index is 2.03. The van der Waals surface area contributed by atoms with Crippen LogP contribution in [0.1, 0.15) is 18.4 Å². The molecular formula is C12H15N3O2. The first-order valence-corrected chi connectivity index (χ1v) is 5.66. The number of primary amides is 1. The van der Waals surface area contributed by atoms with Crippen molar-refractivity contribution in [1.29, 1.82) is 0 Å². The second-order valence-electron chi connectivity index (χ2n) is 4.19. The summed E-state index contributed by atoms with van der Waals surface area (Å²) >= 11 is 0. The molecule has 2 amide bonds. The van der Waals surface area contributed by atoms with Gasteiger partial charge in [-0.25, -0.2) is 0 Å². The Hall–Kier alpha value is -1.91.